The number of benzene rings is 1. The molecule has 1 amide bonds. The third kappa shape index (κ3) is 3.05. The lowest BCUT2D eigenvalue weighted by molar-refractivity contribution is -0.132. The molecule has 3 fully saturated rings. The molecule has 1 atom stereocenters. The zero-order valence-electron chi connectivity index (χ0n) is 15.7. The van der Waals surface area contributed by atoms with E-state index in [4.69, 9.17) is 0 Å². The highest BCUT2D eigenvalue weighted by atomic mass is 16.2. The maximum atomic E-state index is 12.4. The first kappa shape index (κ1) is 16.9. The van der Waals surface area contributed by atoms with Crippen LogP contribution in [-0.4, -0.2) is 49.6 Å². The molecule has 0 radical (unpaired) electrons. The number of rotatable bonds is 2. The minimum atomic E-state index is -0.0808. The summed E-state index contributed by atoms with van der Waals surface area (Å²) in [6, 6.07) is 7.29. The van der Waals surface area contributed by atoms with Gasteiger partial charge < -0.3 is 10.2 Å². The van der Waals surface area contributed by atoms with E-state index < -0.39 is 0 Å². The quantitative estimate of drug-likeness (QED) is 0.898. The van der Waals surface area contributed by atoms with Gasteiger partial charge >= 0.3 is 0 Å². The van der Waals surface area contributed by atoms with Crippen molar-refractivity contribution in [3.05, 3.63) is 29.3 Å². The van der Waals surface area contributed by atoms with Crippen molar-refractivity contribution in [2.24, 2.45) is 5.41 Å². The average molecular weight is 341 g/mol. The van der Waals surface area contributed by atoms with Gasteiger partial charge in [-0.3, -0.25) is 9.69 Å². The van der Waals surface area contributed by atoms with Crippen LogP contribution in [-0.2, 0) is 4.79 Å². The summed E-state index contributed by atoms with van der Waals surface area (Å²) in [5.74, 6) is 0.314. The van der Waals surface area contributed by atoms with Gasteiger partial charge in [-0.2, -0.15) is 0 Å². The molecule has 3 heterocycles. The topological polar surface area (TPSA) is 35.6 Å². The molecule has 1 aromatic rings. The fourth-order valence-corrected chi connectivity index (χ4v) is 5.09. The van der Waals surface area contributed by atoms with Crippen LogP contribution >= 0.6 is 0 Å². The van der Waals surface area contributed by atoms with Gasteiger partial charge in [-0.25, -0.2) is 0 Å². The van der Waals surface area contributed by atoms with Gasteiger partial charge in [0.1, 0.15) is 0 Å². The smallest absolute Gasteiger partial charge is 0.227 e. The number of nitrogens with zero attached hydrogens (tertiary/aromatic N) is 2. The van der Waals surface area contributed by atoms with E-state index in [2.05, 4.69) is 47.2 Å². The molecule has 0 bridgehead atoms. The number of hydrogen-bond acceptors (Lipinski definition) is 3. The fraction of sp³-hybridized carbons (Fsp3) is 0.667. The van der Waals surface area contributed by atoms with Crippen LogP contribution in [0.2, 0.25) is 0 Å². The van der Waals surface area contributed by atoms with Crippen molar-refractivity contribution >= 4 is 11.6 Å². The molecular formula is C21H31N3O. The summed E-state index contributed by atoms with van der Waals surface area (Å²) >= 11 is 0. The van der Waals surface area contributed by atoms with Gasteiger partial charge in [0.15, 0.2) is 0 Å². The molecule has 0 unspecified atom stereocenters. The van der Waals surface area contributed by atoms with E-state index in [1.807, 2.05) is 0 Å². The molecule has 1 N–H and O–H groups in total. The van der Waals surface area contributed by atoms with Crippen LogP contribution in [0.1, 0.15) is 43.2 Å². The van der Waals surface area contributed by atoms with E-state index in [0.29, 0.717) is 11.9 Å². The number of likely N-dealkylation sites (tertiary alicyclic amines) is 1. The van der Waals surface area contributed by atoms with Crippen LogP contribution in [0.15, 0.2) is 18.2 Å². The van der Waals surface area contributed by atoms with Crippen molar-refractivity contribution in [3.63, 3.8) is 0 Å². The Kier molecular flexibility index (Phi) is 4.48. The van der Waals surface area contributed by atoms with Crippen molar-refractivity contribution in [1.82, 2.24) is 10.2 Å². The van der Waals surface area contributed by atoms with E-state index in [1.54, 1.807) is 0 Å². The Hall–Kier alpha value is -1.55. The van der Waals surface area contributed by atoms with Crippen molar-refractivity contribution in [2.75, 3.05) is 37.6 Å². The number of carbonyl (C=O) groups is 1. The molecule has 1 aromatic carbocycles. The summed E-state index contributed by atoms with van der Waals surface area (Å²) in [6.45, 7) is 9.64. The SMILES string of the molecule is Cc1cccc(N2CCC(N3CC[C@]4(CCCNC4=O)C3)CC2)c1C. The Labute approximate surface area is 151 Å². The van der Waals surface area contributed by atoms with Gasteiger partial charge in [0.2, 0.25) is 5.91 Å². The zero-order chi connectivity index (χ0) is 17.4. The number of piperidine rings is 2. The molecule has 0 aromatic heterocycles. The maximum Gasteiger partial charge on any atom is 0.227 e. The Morgan fingerprint density at radius 3 is 2.68 bits per heavy atom. The molecule has 3 aliphatic rings. The van der Waals surface area contributed by atoms with Crippen LogP contribution in [0.3, 0.4) is 0 Å². The van der Waals surface area contributed by atoms with Crippen molar-refractivity contribution < 1.29 is 4.79 Å². The van der Waals surface area contributed by atoms with Crippen molar-refractivity contribution in [2.45, 2.75) is 52.0 Å². The molecule has 4 heteroatoms. The minimum Gasteiger partial charge on any atom is -0.371 e. The minimum absolute atomic E-state index is 0.0808. The molecule has 3 aliphatic heterocycles. The van der Waals surface area contributed by atoms with E-state index in [0.717, 1.165) is 52.0 Å². The zero-order valence-corrected chi connectivity index (χ0v) is 15.7. The second-order valence-electron chi connectivity index (χ2n) is 8.30. The first-order valence-electron chi connectivity index (χ1n) is 9.93. The van der Waals surface area contributed by atoms with Gasteiger partial charge in [0, 0.05) is 37.9 Å². The maximum absolute atomic E-state index is 12.4. The van der Waals surface area contributed by atoms with Crippen LogP contribution < -0.4 is 10.2 Å². The Morgan fingerprint density at radius 1 is 1.12 bits per heavy atom. The Bertz CT molecular complexity index is 651. The molecule has 1 spiro atoms. The lowest BCUT2D eigenvalue weighted by Gasteiger charge is -2.39. The predicted octanol–water partition coefficient (Wildman–Crippen LogP) is 2.87. The molecule has 136 valence electrons. The second-order valence-corrected chi connectivity index (χ2v) is 8.30. The molecular weight excluding hydrogens is 310 g/mol. The highest BCUT2D eigenvalue weighted by molar-refractivity contribution is 5.84. The third-order valence-electron chi connectivity index (χ3n) is 6.88. The third-order valence-corrected chi connectivity index (χ3v) is 6.88. The van der Waals surface area contributed by atoms with E-state index in [9.17, 15) is 4.79 Å². The lowest BCUT2D eigenvalue weighted by atomic mass is 9.79. The molecule has 4 nitrogen and oxygen atoms in total. The monoisotopic (exact) mass is 341 g/mol. The summed E-state index contributed by atoms with van der Waals surface area (Å²) in [4.78, 5) is 17.6. The summed E-state index contributed by atoms with van der Waals surface area (Å²) in [5, 5.41) is 3.10. The van der Waals surface area contributed by atoms with Gasteiger partial charge in [-0.1, -0.05) is 12.1 Å². The molecule has 0 saturated carbocycles. The summed E-state index contributed by atoms with van der Waals surface area (Å²) in [7, 11) is 0. The summed E-state index contributed by atoms with van der Waals surface area (Å²) in [5.41, 5.74) is 4.12. The Balaban J connectivity index is 1.38. The van der Waals surface area contributed by atoms with Crippen LogP contribution in [0.4, 0.5) is 5.69 Å². The van der Waals surface area contributed by atoms with Crippen LogP contribution in [0, 0.1) is 19.3 Å². The summed E-state index contributed by atoms with van der Waals surface area (Å²) in [6.07, 6.45) is 5.70. The number of anilines is 1. The molecule has 25 heavy (non-hydrogen) atoms. The lowest BCUT2D eigenvalue weighted by Crippen LogP contribution is -2.49. The van der Waals surface area contributed by atoms with Gasteiger partial charge in [0.25, 0.3) is 0 Å². The highest BCUT2D eigenvalue weighted by Gasteiger charge is 2.47. The number of amides is 1. The van der Waals surface area contributed by atoms with Crippen LogP contribution in [0.5, 0.6) is 0 Å². The predicted molar refractivity (Wildman–Crippen MR) is 102 cm³/mol. The number of aryl methyl sites for hydroxylation is 1. The van der Waals surface area contributed by atoms with Gasteiger partial charge in [-0.15, -0.1) is 0 Å². The number of carbonyl (C=O) groups excluding carboxylic acids is 1. The molecule has 4 rings (SSSR count). The normalized spacial score (nSPS) is 28.6. The highest BCUT2D eigenvalue weighted by Crippen LogP contribution is 2.39. The van der Waals surface area contributed by atoms with Crippen molar-refractivity contribution in [1.29, 1.82) is 0 Å². The number of hydrogen-bond donors (Lipinski definition) is 1. The standard InChI is InChI=1S/C21H31N3O/c1-16-5-3-6-19(17(16)2)23-12-7-18(8-13-23)24-14-10-21(15-24)9-4-11-22-20(21)25/h3,5-6,18H,4,7-15H2,1-2H3,(H,22,25)/t21-/m1/s1. The summed E-state index contributed by atoms with van der Waals surface area (Å²) < 4.78 is 0. The Morgan fingerprint density at radius 2 is 1.92 bits per heavy atom. The first-order valence-corrected chi connectivity index (χ1v) is 9.93. The van der Waals surface area contributed by atoms with E-state index >= 15 is 0 Å². The second kappa shape index (κ2) is 6.64. The van der Waals surface area contributed by atoms with Crippen molar-refractivity contribution in [3.8, 4) is 0 Å². The van der Waals surface area contributed by atoms with Gasteiger partial charge in [0.05, 0.1) is 5.41 Å². The van der Waals surface area contributed by atoms with Crippen LogP contribution in [0.25, 0.3) is 0 Å². The van der Waals surface area contributed by atoms with Gasteiger partial charge in [-0.05, 0) is 69.7 Å². The molecule has 3 saturated heterocycles. The average Bonchev–Trinajstić information content (AvgIpc) is 3.05. The van der Waals surface area contributed by atoms with E-state index in [-0.39, 0.29) is 5.41 Å². The van der Waals surface area contributed by atoms with E-state index in [1.165, 1.54) is 29.7 Å². The fourth-order valence-electron chi connectivity index (χ4n) is 5.09. The first-order chi connectivity index (χ1) is 12.1. The molecule has 0 aliphatic carbocycles. The largest absolute Gasteiger partial charge is 0.371 e. The number of nitrogens with one attached hydrogen (secondary N) is 1.